The fraction of sp³-hybridized carbons (Fsp3) is 0.143. The highest BCUT2D eigenvalue weighted by Crippen LogP contribution is 2.18. The number of hydrogen-bond donors (Lipinski definition) is 0. The molecule has 0 N–H and O–H groups in total. The van der Waals surface area contributed by atoms with Gasteiger partial charge in [-0.15, -0.1) is 0 Å². The summed E-state index contributed by atoms with van der Waals surface area (Å²) in [7, 11) is 2.31. The summed E-state index contributed by atoms with van der Waals surface area (Å²) < 4.78 is 22.5. The molecule has 0 amide bonds. The zero-order valence-electron chi connectivity index (χ0n) is 10.6. The van der Waals surface area contributed by atoms with E-state index < -0.39 is 17.8 Å². The number of methoxy groups -OCH3 is 2. The number of esters is 2. The molecule has 0 aliphatic rings. The van der Waals surface area contributed by atoms with Crippen LogP contribution in [0.25, 0.3) is 6.08 Å². The van der Waals surface area contributed by atoms with E-state index in [-0.39, 0.29) is 16.7 Å². The number of carbonyl (C=O) groups is 2. The zero-order chi connectivity index (χ0) is 14.4. The van der Waals surface area contributed by atoms with Crippen molar-refractivity contribution < 1.29 is 23.5 Å². The zero-order valence-corrected chi connectivity index (χ0v) is 10.6. The summed E-state index contributed by atoms with van der Waals surface area (Å²) in [5.74, 6) is -2.10. The van der Waals surface area contributed by atoms with Crippen LogP contribution in [0.5, 0.6) is 0 Å². The Labute approximate surface area is 110 Å². The van der Waals surface area contributed by atoms with Crippen LogP contribution < -0.4 is 0 Å². The van der Waals surface area contributed by atoms with Gasteiger partial charge in [0.25, 0.3) is 0 Å². The summed E-state index contributed by atoms with van der Waals surface area (Å²) in [5, 5.41) is 0. The number of hydrogen-bond acceptors (Lipinski definition) is 4. The quantitative estimate of drug-likeness (QED) is 0.475. The molecule has 1 aromatic carbocycles. The average Bonchev–Trinajstić information content (AvgIpc) is 2.44. The Balaban J connectivity index is 3.26. The second-order valence-electron chi connectivity index (χ2n) is 3.54. The van der Waals surface area contributed by atoms with Gasteiger partial charge in [0.15, 0.2) is 0 Å². The topological polar surface area (TPSA) is 52.6 Å². The van der Waals surface area contributed by atoms with Gasteiger partial charge in [-0.3, -0.25) is 0 Å². The Hall–Kier alpha value is -2.43. The first-order chi connectivity index (χ1) is 9.01. The number of halogens is 1. The normalized spacial score (nSPS) is 10.8. The Morgan fingerprint density at radius 3 is 2.26 bits per heavy atom. The van der Waals surface area contributed by atoms with Crippen molar-refractivity contribution in [1.29, 1.82) is 0 Å². The molecule has 0 saturated carbocycles. The molecule has 0 radical (unpaired) electrons. The Morgan fingerprint density at radius 2 is 1.74 bits per heavy atom. The van der Waals surface area contributed by atoms with Gasteiger partial charge in [0, 0.05) is 5.56 Å². The third-order valence-corrected chi connectivity index (χ3v) is 2.37. The standard InChI is InChI=1S/C14H13FO4/c1-9(13(16)18-2)11(14(17)19-3)8-10-6-4-5-7-12(10)15/h4-8H,1H2,2-3H3/b11-8+. The molecule has 0 aliphatic carbocycles. The largest absolute Gasteiger partial charge is 0.465 e. The first-order valence-corrected chi connectivity index (χ1v) is 5.33. The second kappa shape index (κ2) is 6.49. The fourth-order valence-electron chi connectivity index (χ4n) is 1.36. The van der Waals surface area contributed by atoms with Gasteiger partial charge in [0.2, 0.25) is 0 Å². The number of benzene rings is 1. The minimum atomic E-state index is -0.793. The molecule has 0 atom stereocenters. The number of ether oxygens (including phenoxy) is 2. The molecule has 5 heteroatoms. The van der Waals surface area contributed by atoms with E-state index in [9.17, 15) is 14.0 Å². The molecule has 19 heavy (non-hydrogen) atoms. The van der Waals surface area contributed by atoms with Gasteiger partial charge in [0.1, 0.15) is 5.82 Å². The average molecular weight is 264 g/mol. The van der Waals surface area contributed by atoms with Gasteiger partial charge in [-0.1, -0.05) is 24.8 Å². The lowest BCUT2D eigenvalue weighted by atomic mass is 10.0. The third kappa shape index (κ3) is 3.51. The van der Waals surface area contributed by atoms with Crippen molar-refractivity contribution in [2.45, 2.75) is 0 Å². The molecule has 1 rings (SSSR count). The molecule has 0 unspecified atom stereocenters. The predicted molar refractivity (Wildman–Crippen MR) is 67.5 cm³/mol. The molecule has 100 valence electrons. The molecular formula is C14H13FO4. The fourth-order valence-corrected chi connectivity index (χ4v) is 1.36. The second-order valence-corrected chi connectivity index (χ2v) is 3.54. The smallest absolute Gasteiger partial charge is 0.338 e. The molecule has 4 nitrogen and oxygen atoms in total. The molecule has 0 spiro atoms. The van der Waals surface area contributed by atoms with E-state index in [1.807, 2.05) is 0 Å². The van der Waals surface area contributed by atoms with Crippen LogP contribution in [0, 0.1) is 5.82 Å². The van der Waals surface area contributed by atoms with Crippen molar-refractivity contribution in [3.05, 3.63) is 53.4 Å². The van der Waals surface area contributed by atoms with E-state index in [0.717, 1.165) is 14.2 Å². The SMILES string of the molecule is C=C(C(=O)OC)/C(=C\c1ccccc1F)C(=O)OC. The lowest BCUT2D eigenvalue weighted by molar-refractivity contribution is -0.139. The van der Waals surface area contributed by atoms with Gasteiger partial charge in [-0.2, -0.15) is 0 Å². The van der Waals surface area contributed by atoms with E-state index in [0.29, 0.717) is 0 Å². The first kappa shape index (κ1) is 14.6. The van der Waals surface area contributed by atoms with Crippen LogP contribution in [-0.2, 0) is 19.1 Å². The minimum absolute atomic E-state index is 0.146. The van der Waals surface area contributed by atoms with Gasteiger partial charge in [0.05, 0.1) is 25.4 Å². The number of rotatable bonds is 4. The predicted octanol–water partition coefficient (Wildman–Crippen LogP) is 2.11. The van der Waals surface area contributed by atoms with Crippen molar-refractivity contribution in [3.8, 4) is 0 Å². The summed E-state index contributed by atoms with van der Waals surface area (Å²) in [5.41, 5.74) is -0.204. The third-order valence-electron chi connectivity index (χ3n) is 2.37. The number of carbonyl (C=O) groups excluding carboxylic acids is 2. The Kier molecular flexibility index (Phi) is 5.00. The molecule has 0 aromatic heterocycles. The summed E-state index contributed by atoms with van der Waals surface area (Å²) >= 11 is 0. The van der Waals surface area contributed by atoms with Crippen molar-refractivity contribution in [2.75, 3.05) is 14.2 Å². The van der Waals surface area contributed by atoms with E-state index in [2.05, 4.69) is 16.1 Å². The maximum absolute atomic E-state index is 13.5. The molecule has 0 fully saturated rings. The molecule has 0 saturated heterocycles. The molecule has 0 bridgehead atoms. The van der Waals surface area contributed by atoms with Crippen LogP contribution in [-0.4, -0.2) is 26.2 Å². The Bertz CT molecular complexity index is 546. The van der Waals surface area contributed by atoms with E-state index in [4.69, 9.17) is 0 Å². The van der Waals surface area contributed by atoms with Crippen LogP contribution in [0.4, 0.5) is 4.39 Å². The van der Waals surface area contributed by atoms with E-state index >= 15 is 0 Å². The van der Waals surface area contributed by atoms with Crippen molar-refractivity contribution in [1.82, 2.24) is 0 Å². The van der Waals surface area contributed by atoms with Crippen LogP contribution >= 0.6 is 0 Å². The summed E-state index contributed by atoms with van der Waals surface area (Å²) in [6.07, 6.45) is 1.19. The summed E-state index contributed by atoms with van der Waals surface area (Å²) in [4.78, 5) is 23.0. The van der Waals surface area contributed by atoms with Gasteiger partial charge < -0.3 is 9.47 Å². The monoisotopic (exact) mass is 264 g/mol. The lowest BCUT2D eigenvalue weighted by Gasteiger charge is -2.07. The highest BCUT2D eigenvalue weighted by atomic mass is 19.1. The lowest BCUT2D eigenvalue weighted by Crippen LogP contribution is -2.14. The van der Waals surface area contributed by atoms with E-state index in [1.165, 1.54) is 24.3 Å². The first-order valence-electron chi connectivity index (χ1n) is 5.33. The van der Waals surface area contributed by atoms with Crippen LogP contribution in [0.15, 0.2) is 42.0 Å². The maximum atomic E-state index is 13.5. The van der Waals surface area contributed by atoms with Crippen LogP contribution in [0.1, 0.15) is 5.56 Å². The minimum Gasteiger partial charge on any atom is -0.465 e. The van der Waals surface area contributed by atoms with Crippen LogP contribution in [0.2, 0.25) is 0 Å². The molecule has 1 aromatic rings. The van der Waals surface area contributed by atoms with E-state index in [1.54, 1.807) is 6.07 Å². The van der Waals surface area contributed by atoms with Gasteiger partial charge >= 0.3 is 11.9 Å². The van der Waals surface area contributed by atoms with Crippen LogP contribution in [0.3, 0.4) is 0 Å². The molecule has 0 aliphatic heterocycles. The summed E-state index contributed by atoms with van der Waals surface area (Å²) in [6, 6.07) is 5.81. The van der Waals surface area contributed by atoms with Crippen molar-refractivity contribution >= 4 is 18.0 Å². The highest BCUT2D eigenvalue weighted by Gasteiger charge is 2.20. The maximum Gasteiger partial charge on any atom is 0.338 e. The highest BCUT2D eigenvalue weighted by molar-refractivity contribution is 6.09. The van der Waals surface area contributed by atoms with Crippen molar-refractivity contribution in [2.24, 2.45) is 0 Å². The summed E-state index contributed by atoms with van der Waals surface area (Å²) in [6.45, 7) is 3.45. The van der Waals surface area contributed by atoms with Crippen molar-refractivity contribution in [3.63, 3.8) is 0 Å². The Morgan fingerprint density at radius 1 is 1.16 bits per heavy atom. The van der Waals surface area contributed by atoms with Gasteiger partial charge in [-0.25, -0.2) is 14.0 Å². The molecule has 0 heterocycles. The molecular weight excluding hydrogens is 251 g/mol. The van der Waals surface area contributed by atoms with Gasteiger partial charge in [-0.05, 0) is 12.1 Å².